The number of aliphatic hydroxyl groups is 1. The molecule has 0 radical (unpaired) electrons. The van der Waals surface area contributed by atoms with Gasteiger partial charge in [-0.1, -0.05) is 29.8 Å². The molecule has 1 amide bonds. The quantitative estimate of drug-likeness (QED) is 0.658. The molecule has 1 aromatic rings. The van der Waals surface area contributed by atoms with Gasteiger partial charge in [0.25, 0.3) is 0 Å². The molecule has 4 nitrogen and oxygen atoms in total. The van der Waals surface area contributed by atoms with Crippen LogP contribution in [-0.4, -0.2) is 30.6 Å². The monoisotopic (exact) mass is 270 g/mol. The van der Waals surface area contributed by atoms with Crippen molar-refractivity contribution in [1.82, 2.24) is 10.6 Å². The van der Waals surface area contributed by atoms with E-state index in [4.69, 9.17) is 11.6 Å². The summed E-state index contributed by atoms with van der Waals surface area (Å²) in [7, 11) is 0. The summed E-state index contributed by atoms with van der Waals surface area (Å²) in [6.45, 7) is 3.43. The van der Waals surface area contributed by atoms with Gasteiger partial charge >= 0.3 is 0 Å². The van der Waals surface area contributed by atoms with Crippen LogP contribution in [0.1, 0.15) is 25.0 Å². The first-order valence-corrected chi connectivity index (χ1v) is 6.42. The molecule has 0 aromatic heterocycles. The molecule has 100 valence electrons. The highest BCUT2D eigenvalue weighted by atomic mass is 35.5. The van der Waals surface area contributed by atoms with Crippen LogP contribution >= 0.6 is 11.6 Å². The molecule has 0 saturated carbocycles. The van der Waals surface area contributed by atoms with Crippen molar-refractivity contribution in [3.8, 4) is 0 Å². The lowest BCUT2D eigenvalue weighted by Gasteiger charge is -2.13. The summed E-state index contributed by atoms with van der Waals surface area (Å²) in [6, 6.07) is 7.19. The molecular weight excluding hydrogens is 252 g/mol. The average Bonchev–Trinajstić information content (AvgIpc) is 2.35. The van der Waals surface area contributed by atoms with Crippen molar-refractivity contribution in [1.29, 1.82) is 0 Å². The lowest BCUT2D eigenvalue weighted by molar-refractivity contribution is -0.120. The van der Waals surface area contributed by atoms with Gasteiger partial charge in [0.15, 0.2) is 0 Å². The minimum Gasteiger partial charge on any atom is -0.387 e. The molecule has 0 saturated heterocycles. The minimum atomic E-state index is -0.659. The smallest absolute Gasteiger partial charge is 0.221 e. The Labute approximate surface area is 112 Å². The molecule has 3 N–H and O–H groups in total. The van der Waals surface area contributed by atoms with Crippen molar-refractivity contribution in [2.45, 2.75) is 19.4 Å². The zero-order valence-electron chi connectivity index (χ0n) is 10.4. The highest BCUT2D eigenvalue weighted by Gasteiger charge is 2.10. The molecule has 1 atom stereocenters. The summed E-state index contributed by atoms with van der Waals surface area (Å²) in [6.07, 6.45) is -0.253. The summed E-state index contributed by atoms with van der Waals surface area (Å²) < 4.78 is 0. The molecule has 1 aromatic carbocycles. The van der Waals surface area contributed by atoms with E-state index in [1.165, 1.54) is 0 Å². The summed E-state index contributed by atoms with van der Waals surface area (Å²) in [5, 5.41) is 16.2. The van der Waals surface area contributed by atoms with Crippen molar-refractivity contribution in [3.05, 3.63) is 34.9 Å². The number of hydrogen-bond acceptors (Lipinski definition) is 3. The van der Waals surface area contributed by atoms with Crippen molar-refractivity contribution < 1.29 is 9.90 Å². The highest BCUT2D eigenvalue weighted by molar-refractivity contribution is 6.31. The van der Waals surface area contributed by atoms with E-state index >= 15 is 0 Å². The Kier molecular flexibility index (Phi) is 6.72. The topological polar surface area (TPSA) is 61.4 Å². The first kappa shape index (κ1) is 15.0. The van der Waals surface area contributed by atoms with Crippen LogP contribution in [-0.2, 0) is 4.79 Å². The standard InChI is InChI=1S/C13H19ClN2O2/c1-2-16-13(18)7-8-15-9-12(17)10-5-3-4-6-11(10)14/h3-6,12,15,17H,2,7-9H2,1H3,(H,16,18). The summed E-state index contributed by atoms with van der Waals surface area (Å²) in [5.41, 5.74) is 0.699. The Bertz CT molecular complexity index is 385. The summed E-state index contributed by atoms with van der Waals surface area (Å²) in [5.74, 6) is 0.0113. The number of amides is 1. The van der Waals surface area contributed by atoms with Crippen LogP contribution in [0.3, 0.4) is 0 Å². The fourth-order valence-corrected chi connectivity index (χ4v) is 1.84. The van der Waals surface area contributed by atoms with Crippen LogP contribution in [0, 0.1) is 0 Å². The Morgan fingerprint density at radius 3 is 2.83 bits per heavy atom. The van der Waals surface area contributed by atoms with Gasteiger partial charge < -0.3 is 15.7 Å². The Morgan fingerprint density at radius 1 is 1.44 bits per heavy atom. The second-order valence-corrected chi connectivity index (χ2v) is 4.35. The molecule has 1 unspecified atom stereocenters. The molecule has 18 heavy (non-hydrogen) atoms. The predicted octanol–water partition coefficient (Wildman–Crippen LogP) is 1.49. The van der Waals surface area contributed by atoms with E-state index < -0.39 is 6.10 Å². The molecule has 0 bridgehead atoms. The van der Waals surface area contributed by atoms with E-state index in [0.717, 1.165) is 0 Å². The van der Waals surface area contributed by atoms with Crippen LogP contribution in [0.25, 0.3) is 0 Å². The third-order valence-electron chi connectivity index (χ3n) is 2.50. The first-order chi connectivity index (χ1) is 8.65. The Balaban J connectivity index is 2.28. The van der Waals surface area contributed by atoms with Crippen LogP contribution in [0.15, 0.2) is 24.3 Å². The molecule has 0 heterocycles. The van der Waals surface area contributed by atoms with E-state index in [9.17, 15) is 9.90 Å². The zero-order valence-corrected chi connectivity index (χ0v) is 11.2. The van der Waals surface area contributed by atoms with Gasteiger partial charge in [0, 0.05) is 36.6 Å². The van der Waals surface area contributed by atoms with Gasteiger partial charge in [0.1, 0.15) is 0 Å². The number of aliphatic hydroxyl groups excluding tert-OH is 1. The lowest BCUT2D eigenvalue weighted by atomic mass is 10.1. The third kappa shape index (κ3) is 5.04. The van der Waals surface area contributed by atoms with Gasteiger partial charge in [-0.15, -0.1) is 0 Å². The maximum absolute atomic E-state index is 11.2. The minimum absolute atomic E-state index is 0.0113. The molecular formula is C13H19ClN2O2. The molecule has 0 aliphatic carbocycles. The van der Waals surface area contributed by atoms with Crippen LogP contribution < -0.4 is 10.6 Å². The normalized spacial score (nSPS) is 12.2. The summed E-state index contributed by atoms with van der Waals surface area (Å²) >= 11 is 5.97. The fourth-order valence-electron chi connectivity index (χ4n) is 1.58. The van der Waals surface area contributed by atoms with E-state index in [1.54, 1.807) is 12.1 Å². The second kappa shape index (κ2) is 8.08. The van der Waals surface area contributed by atoms with E-state index in [1.807, 2.05) is 19.1 Å². The largest absolute Gasteiger partial charge is 0.387 e. The SMILES string of the molecule is CCNC(=O)CCNCC(O)c1ccccc1Cl. The molecule has 5 heteroatoms. The number of carbonyl (C=O) groups excluding carboxylic acids is 1. The molecule has 0 spiro atoms. The molecule has 0 aliphatic rings. The third-order valence-corrected chi connectivity index (χ3v) is 2.85. The van der Waals surface area contributed by atoms with Gasteiger partial charge in [0.05, 0.1) is 6.10 Å². The van der Waals surface area contributed by atoms with Crippen molar-refractivity contribution >= 4 is 17.5 Å². The van der Waals surface area contributed by atoms with Gasteiger partial charge in [-0.2, -0.15) is 0 Å². The second-order valence-electron chi connectivity index (χ2n) is 3.94. The van der Waals surface area contributed by atoms with Gasteiger partial charge in [-0.05, 0) is 13.0 Å². The summed E-state index contributed by atoms with van der Waals surface area (Å²) in [4.78, 5) is 11.2. The van der Waals surface area contributed by atoms with Crippen LogP contribution in [0.2, 0.25) is 5.02 Å². The number of hydrogen-bond donors (Lipinski definition) is 3. The van der Waals surface area contributed by atoms with E-state index in [-0.39, 0.29) is 5.91 Å². The lowest BCUT2D eigenvalue weighted by Crippen LogP contribution is -2.29. The average molecular weight is 271 g/mol. The highest BCUT2D eigenvalue weighted by Crippen LogP contribution is 2.21. The van der Waals surface area contributed by atoms with Gasteiger partial charge in [0.2, 0.25) is 5.91 Å². The Morgan fingerprint density at radius 2 is 2.17 bits per heavy atom. The number of benzene rings is 1. The molecule has 0 fully saturated rings. The molecule has 1 rings (SSSR count). The number of carbonyl (C=O) groups is 1. The van der Waals surface area contributed by atoms with E-state index in [0.29, 0.717) is 36.6 Å². The fraction of sp³-hybridized carbons (Fsp3) is 0.462. The predicted molar refractivity (Wildman–Crippen MR) is 72.6 cm³/mol. The number of nitrogens with one attached hydrogen (secondary N) is 2. The van der Waals surface area contributed by atoms with Crippen molar-refractivity contribution in [3.63, 3.8) is 0 Å². The van der Waals surface area contributed by atoms with Gasteiger partial charge in [-0.25, -0.2) is 0 Å². The number of halogens is 1. The number of rotatable bonds is 7. The van der Waals surface area contributed by atoms with Crippen LogP contribution in [0.4, 0.5) is 0 Å². The Hall–Kier alpha value is -1.10. The molecule has 0 aliphatic heterocycles. The zero-order chi connectivity index (χ0) is 13.4. The first-order valence-electron chi connectivity index (χ1n) is 6.05. The van der Waals surface area contributed by atoms with Gasteiger partial charge in [-0.3, -0.25) is 4.79 Å². The maximum Gasteiger partial charge on any atom is 0.221 e. The van der Waals surface area contributed by atoms with Crippen molar-refractivity contribution in [2.75, 3.05) is 19.6 Å². The maximum atomic E-state index is 11.2. The van der Waals surface area contributed by atoms with Crippen molar-refractivity contribution in [2.24, 2.45) is 0 Å². The van der Waals surface area contributed by atoms with Crippen LogP contribution in [0.5, 0.6) is 0 Å². The van der Waals surface area contributed by atoms with E-state index in [2.05, 4.69) is 10.6 Å².